The Morgan fingerprint density at radius 1 is 0.467 bits per heavy atom. The minimum absolute atomic E-state index is 0.185. The summed E-state index contributed by atoms with van der Waals surface area (Å²) in [6.07, 6.45) is 1.25. The van der Waals surface area contributed by atoms with Gasteiger partial charge in [-0.1, -0.05) is 163 Å². The number of aromatic nitrogens is 2. The highest BCUT2D eigenvalue weighted by Gasteiger charge is 2.53. The zero-order valence-corrected chi connectivity index (χ0v) is 38.3. The summed E-state index contributed by atoms with van der Waals surface area (Å²) in [5.74, 6) is 2.00. The summed E-state index contributed by atoms with van der Waals surface area (Å²) in [5.41, 5.74) is 1.54. The van der Waals surface area contributed by atoms with Crippen LogP contribution in [0.5, 0.6) is 11.5 Å². The Morgan fingerprint density at radius 2 is 0.800 bits per heavy atom. The van der Waals surface area contributed by atoms with Crippen molar-refractivity contribution in [2.45, 2.75) is 78.0 Å². The summed E-state index contributed by atoms with van der Waals surface area (Å²) >= 11 is 0. The molecule has 0 saturated heterocycles. The molecule has 6 nitrogen and oxygen atoms in total. The van der Waals surface area contributed by atoms with Crippen LogP contribution in [0.2, 0.25) is 10.1 Å². The lowest BCUT2D eigenvalue weighted by Gasteiger charge is -2.43. The van der Waals surface area contributed by atoms with Crippen LogP contribution in [0.25, 0.3) is 22.6 Å². The molecule has 306 valence electrons. The first-order valence-electron chi connectivity index (χ1n) is 20.7. The molecule has 0 spiro atoms. The van der Waals surface area contributed by atoms with Crippen LogP contribution in [0, 0.1) is 0 Å². The van der Waals surface area contributed by atoms with Gasteiger partial charge in [0.2, 0.25) is 0 Å². The Bertz CT molecular complexity index is 2420. The first kappa shape index (κ1) is 42.2. The van der Waals surface area contributed by atoms with E-state index in [1.807, 2.05) is 81.4 Å². The Labute approximate surface area is 358 Å². The van der Waals surface area contributed by atoms with Crippen molar-refractivity contribution in [2.24, 2.45) is 0 Å². The van der Waals surface area contributed by atoms with Gasteiger partial charge in [0.05, 0.1) is 5.69 Å². The van der Waals surface area contributed by atoms with Crippen molar-refractivity contribution in [1.29, 1.82) is 0 Å². The lowest BCUT2D eigenvalue weighted by atomic mass is 10.1. The lowest BCUT2D eigenvalue weighted by molar-refractivity contribution is 0.0539. The van der Waals surface area contributed by atoms with Crippen LogP contribution in [-0.4, -0.2) is 37.9 Å². The van der Waals surface area contributed by atoms with E-state index in [2.05, 4.69) is 151 Å². The number of carbonyl (C=O) groups excluding carboxylic acids is 1. The fourth-order valence-electron chi connectivity index (χ4n) is 8.19. The summed E-state index contributed by atoms with van der Waals surface area (Å²) in [7, 11) is -5.69. The molecule has 0 bridgehead atoms. The topological polar surface area (TPSA) is 62.6 Å². The first-order valence-corrected chi connectivity index (χ1v) is 24.5. The molecule has 0 saturated carbocycles. The number of carbonyl (C=O) groups is 1. The third kappa shape index (κ3) is 8.40. The molecule has 0 N–H and O–H groups in total. The Hall–Kier alpha value is -5.97. The molecule has 1 heterocycles. The minimum atomic E-state index is -2.85. The van der Waals surface area contributed by atoms with Crippen LogP contribution in [0.3, 0.4) is 0 Å². The summed E-state index contributed by atoms with van der Waals surface area (Å²) in [6, 6.07) is 58.4. The van der Waals surface area contributed by atoms with Gasteiger partial charge in [-0.3, -0.25) is 0 Å². The molecule has 7 rings (SSSR count). The van der Waals surface area contributed by atoms with E-state index >= 15 is 0 Å². The SMILES string of the molecule is CC(C)(C)OC(=O)n1cc(-c2ccc(O[Si](c3ccccc3)(c3ccccc3)C(C)(C)C)cc2)nc1-c1ccc(O[Si](c2ccccc2)(c2ccccc2)C(C)(C)C)cc1. The molecule has 7 aromatic rings. The fourth-order valence-corrected chi connectivity index (χ4v) is 17.0. The van der Waals surface area contributed by atoms with Gasteiger partial charge in [-0.25, -0.2) is 14.3 Å². The molecule has 0 unspecified atom stereocenters. The molecule has 0 atom stereocenters. The maximum Gasteiger partial charge on any atom is 0.420 e. The van der Waals surface area contributed by atoms with Crippen molar-refractivity contribution in [1.82, 2.24) is 9.55 Å². The van der Waals surface area contributed by atoms with Gasteiger partial charge in [-0.15, -0.1) is 0 Å². The highest BCUT2D eigenvalue weighted by atomic mass is 28.4. The van der Waals surface area contributed by atoms with Crippen LogP contribution >= 0.6 is 0 Å². The third-order valence-electron chi connectivity index (χ3n) is 10.9. The Morgan fingerprint density at radius 3 is 1.12 bits per heavy atom. The number of imidazole rings is 1. The predicted molar refractivity (Wildman–Crippen MR) is 251 cm³/mol. The second-order valence-corrected chi connectivity index (χ2v) is 26.8. The molecule has 60 heavy (non-hydrogen) atoms. The van der Waals surface area contributed by atoms with E-state index in [-0.39, 0.29) is 10.1 Å². The quantitative estimate of drug-likeness (QED) is 0.129. The monoisotopic (exact) mass is 828 g/mol. The second-order valence-electron chi connectivity index (χ2n) is 18.4. The summed E-state index contributed by atoms with van der Waals surface area (Å²) in [5, 5.41) is 4.42. The van der Waals surface area contributed by atoms with E-state index in [1.165, 1.54) is 25.3 Å². The molecule has 0 aliphatic carbocycles. The lowest BCUT2D eigenvalue weighted by Crippen LogP contribution is -2.68. The minimum Gasteiger partial charge on any atom is -0.534 e. The highest BCUT2D eigenvalue weighted by Crippen LogP contribution is 2.40. The van der Waals surface area contributed by atoms with Crippen molar-refractivity contribution in [3.05, 3.63) is 176 Å². The van der Waals surface area contributed by atoms with Crippen molar-refractivity contribution in [3.8, 4) is 34.1 Å². The van der Waals surface area contributed by atoms with Gasteiger partial charge < -0.3 is 13.6 Å². The Balaban J connectivity index is 1.25. The number of rotatable bonds is 10. The molecule has 1 aromatic heterocycles. The third-order valence-corrected chi connectivity index (χ3v) is 20.8. The van der Waals surface area contributed by atoms with Crippen LogP contribution in [0.1, 0.15) is 62.3 Å². The van der Waals surface area contributed by atoms with Crippen molar-refractivity contribution in [2.75, 3.05) is 0 Å². The zero-order valence-electron chi connectivity index (χ0n) is 36.3. The molecule has 0 fully saturated rings. The number of hydrogen-bond acceptors (Lipinski definition) is 5. The van der Waals surface area contributed by atoms with Crippen LogP contribution < -0.4 is 29.6 Å². The fraction of sp³-hybridized carbons (Fsp3) is 0.231. The van der Waals surface area contributed by atoms with E-state index in [4.69, 9.17) is 18.6 Å². The highest BCUT2D eigenvalue weighted by molar-refractivity contribution is 7.00. The number of nitrogens with zero attached hydrogens (tertiary/aromatic N) is 2. The van der Waals surface area contributed by atoms with Crippen molar-refractivity contribution >= 4 is 43.5 Å². The normalized spacial score (nSPS) is 12.5. The van der Waals surface area contributed by atoms with Crippen LogP contribution in [0.15, 0.2) is 176 Å². The van der Waals surface area contributed by atoms with Crippen molar-refractivity contribution in [3.63, 3.8) is 0 Å². The van der Waals surface area contributed by atoms with Gasteiger partial charge in [-0.2, -0.15) is 0 Å². The van der Waals surface area contributed by atoms with E-state index in [1.54, 1.807) is 6.20 Å². The molecule has 0 radical (unpaired) electrons. The van der Waals surface area contributed by atoms with Crippen LogP contribution in [0.4, 0.5) is 4.79 Å². The van der Waals surface area contributed by atoms with Gasteiger partial charge >= 0.3 is 22.7 Å². The first-order chi connectivity index (χ1) is 28.5. The molecule has 8 heteroatoms. The predicted octanol–water partition coefficient (Wildman–Crippen LogP) is 10.9. The van der Waals surface area contributed by atoms with Crippen LogP contribution in [-0.2, 0) is 4.74 Å². The zero-order chi connectivity index (χ0) is 42.8. The second kappa shape index (κ2) is 16.6. The molecular weight excluding hydrogens is 773 g/mol. The van der Waals surface area contributed by atoms with Gasteiger partial charge in [0.1, 0.15) is 22.9 Å². The van der Waals surface area contributed by atoms with E-state index in [0.717, 1.165) is 22.6 Å². The maximum absolute atomic E-state index is 13.8. The number of benzene rings is 6. The number of hydrogen-bond donors (Lipinski definition) is 0. The summed E-state index contributed by atoms with van der Waals surface area (Å²) < 4.78 is 22.0. The maximum atomic E-state index is 13.8. The molecule has 6 aromatic carbocycles. The van der Waals surface area contributed by atoms with E-state index < -0.39 is 28.3 Å². The molecule has 0 aliphatic rings. The molecule has 0 aliphatic heterocycles. The van der Waals surface area contributed by atoms with E-state index in [9.17, 15) is 4.79 Å². The standard InChI is InChI=1S/C52H56N2O4Si2/c1-50(2,3)56-49(55)54-38-47(39-30-34-41(35-31-39)57-59(51(4,5)6,43-22-14-10-15-23-43)44-24-16-11-17-25-44)53-48(54)40-32-36-42(37-33-40)58-60(52(7,8)9,45-26-18-12-19-27-45)46-28-20-13-21-29-46/h10-38H,1-9H3. The summed E-state index contributed by atoms with van der Waals surface area (Å²) in [4.78, 5) is 18.9. The number of ether oxygens (including phenoxy) is 1. The average Bonchev–Trinajstić information content (AvgIpc) is 3.68. The summed E-state index contributed by atoms with van der Waals surface area (Å²) in [6.45, 7) is 19.2. The van der Waals surface area contributed by atoms with Gasteiger partial charge in [0.25, 0.3) is 0 Å². The largest absolute Gasteiger partial charge is 0.534 e. The Kier molecular flexibility index (Phi) is 11.7. The molecule has 0 amide bonds. The van der Waals surface area contributed by atoms with Gasteiger partial charge in [0.15, 0.2) is 0 Å². The van der Waals surface area contributed by atoms with Gasteiger partial charge in [-0.05, 0) is 100 Å². The van der Waals surface area contributed by atoms with E-state index in [0.29, 0.717) is 11.5 Å². The average molecular weight is 829 g/mol. The smallest absolute Gasteiger partial charge is 0.420 e. The van der Waals surface area contributed by atoms with Gasteiger partial charge in [0, 0.05) is 17.3 Å². The molecular formula is C52H56N2O4Si2. The van der Waals surface area contributed by atoms with Crippen molar-refractivity contribution < 1.29 is 18.4 Å².